The van der Waals surface area contributed by atoms with E-state index in [0.717, 1.165) is 16.4 Å². The standard InChI is InChI=1S/C14H15BN2O2/c15-11-3-1-2-10-4-5-12(16-13(10)11)14(18)17-6-8-19-9-7-17/h1-5H,6-9,15H2. The fourth-order valence-corrected chi connectivity index (χ4v) is 2.34. The van der Waals surface area contributed by atoms with Crippen LogP contribution in [-0.4, -0.2) is 49.9 Å². The summed E-state index contributed by atoms with van der Waals surface area (Å²) >= 11 is 0. The molecular weight excluding hydrogens is 239 g/mol. The molecule has 0 saturated carbocycles. The van der Waals surface area contributed by atoms with E-state index in [1.165, 1.54) is 0 Å². The van der Waals surface area contributed by atoms with E-state index in [2.05, 4.69) is 4.98 Å². The number of carbonyl (C=O) groups is 1. The molecule has 0 atom stereocenters. The number of para-hydroxylation sites is 1. The molecule has 1 amide bonds. The van der Waals surface area contributed by atoms with Gasteiger partial charge in [-0.1, -0.05) is 29.7 Å². The zero-order valence-corrected chi connectivity index (χ0v) is 10.9. The molecule has 96 valence electrons. The molecule has 1 aromatic carbocycles. The third-order valence-electron chi connectivity index (χ3n) is 3.44. The summed E-state index contributed by atoms with van der Waals surface area (Å²) in [7, 11) is 2.01. The Bertz CT molecular complexity index is 624. The van der Waals surface area contributed by atoms with Crippen molar-refractivity contribution in [3.8, 4) is 0 Å². The van der Waals surface area contributed by atoms with Crippen molar-refractivity contribution < 1.29 is 9.53 Å². The minimum atomic E-state index is -0.00606. The van der Waals surface area contributed by atoms with Crippen LogP contribution in [0.15, 0.2) is 30.3 Å². The maximum atomic E-state index is 12.4. The van der Waals surface area contributed by atoms with Crippen LogP contribution in [0.25, 0.3) is 10.9 Å². The maximum Gasteiger partial charge on any atom is 0.272 e. The Morgan fingerprint density at radius 2 is 2.00 bits per heavy atom. The van der Waals surface area contributed by atoms with Crippen LogP contribution in [0.1, 0.15) is 10.5 Å². The van der Waals surface area contributed by atoms with Crippen LogP contribution in [0, 0.1) is 0 Å². The molecule has 0 unspecified atom stereocenters. The lowest BCUT2D eigenvalue weighted by molar-refractivity contribution is 0.0299. The number of ether oxygens (including phenoxy) is 1. The van der Waals surface area contributed by atoms with Gasteiger partial charge in [-0.25, -0.2) is 4.98 Å². The first-order chi connectivity index (χ1) is 9.25. The first-order valence-electron chi connectivity index (χ1n) is 6.49. The van der Waals surface area contributed by atoms with E-state index in [0.29, 0.717) is 32.0 Å². The van der Waals surface area contributed by atoms with E-state index < -0.39 is 0 Å². The number of morpholine rings is 1. The number of amides is 1. The first kappa shape index (κ1) is 12.2. The van der Waals surface area contributed by atoms with Crippen LogP contribution in [0.5, 0.6) is 0 Å². The van der Waals surface area contributed by atoms with Gasteiger partial charge in [0, 0.05) is 13.1 Å². The van der Waals surface area contributed by atoms with Gasteiger partial charge in [-0.3, -0.25) is 4.79 Å². The van der Waals surface area contributed by atoms with E-state index in [9.17, 15) is 4.79 Å². The highest BCUT2D eigenvalue weighted by molar-refractivity contribution is 6.38. The summed E-state index contributed by atoms with van der Waals surface area (Å²) in [6, 6.07) is 9.79. The molecule has 0 aliphatic carbocycles. The molecule has 19 heavy (non-hydrogen) atoms. The summed E-state index contributed by atoms with van der Waals surface area (Å²) in [4.78, 5) is 18.7. The number of nitrogens with zero attached hydrogens (tertiary/aromatic N) is 2. The highest BCUT2D eigenvalue weighted by atomic mass is 16.5. The third-order valence-corrected chi connectivity index (χ3v) is 3.44. The number of rotatable bonds is 1. The van der Waals surface area contributed by atoms with Crippen molar-refractivity contribution in [2.45, 2.75) is 0 Å². The summed E-state index contributed by atoms with van der Waals surface area (Å²) in [5, 5.41) is 1.07. The van der Waals surface area contributed by atoms with Gasteiger partial charge in [-0.2, -0.15) is 0 Å². The smallest absolute Gasteiger partial charge is 0.272 e. The van der Waals surface area contributed by atoms with Crippen LogP contribution < -0.4 is 5.46 Å². The van der Waals surface area contributed by atoms with Crippen molar-refractivity contribution in [2.75, 3.05) is 26.3 Å². The molecule has 4 nitrogen and oxygen atoms in total. The van der Waals surface area contributed by atoms with Gasteiger partial charge in [-0.15, -0.1) is 0 Å². The van der Waals surface area contributed by atoms with Crippen molar-refractivity contribution in [3.05, 3.63) is 36.0 Å². The number of benzene rings is 1. The zero-order valence-electron chi connectivity index (χ0n) is 10.9. The SMILES string of the molecule is Bc1cccc2ccc(C(=O)N3CCOCC3)nc12. The highest BCUT2D eigenvalue weighted by Crippen LogP contribution is 2.12. The minimum Gasteiger partial charge on any atom is -0.378 e. The van der Waals surface area contributed by atoms with Gasteiger partial charge < -0.3 is 9.64 Å². The number of aromatic nitrogens is 1. The van der Waals surface area contributed by atoms with Crippen LogP contribution in [0.4, 0.5) is 0 Å². The third kappa shape index (κ3) is 2.33. The molecule has 1 saturated heterocycles. The highest BCUT2D eigenvalue weighted by Gasteiger charge is 2.19. The molecule has 0 spiro atoms. The number of carbonyl (C=O) groups excluding carboxylic acids is 1. The molecule has 2 aromatic rings. The van der Waals surface area contributed by atoms with Gasteiger partial charge in [-0.05, 0) is 11.5 Å². The van der Waals surface area contributed by atoms with Crippen molar-refractivity contribution in [1.82, 2.24) is 9.88 Å². The van der Waals surface area contributed by atoms with Crippen LogP contribution in [-0.2, 0) is 4.74 Å². The Labute approximate surface area is 112 Å². The van der Waals surface area contributed by atoms with Gasteiger partial charge >= 0.3 is 0 Å². The lowest BCUT2D eigenvalue weighted by Gasteiger charge is -2.26. The summed E-state index contributed by atoms with van der Waals surface area (Å²) in [5.74, 6) is -0.00606. The Morgan fingerprint density at radius 3 is 2.79 bits per heavy atom. The predicted molar refractivity (Wildman–Crippen MR) is 76.6 cm³/mol. The molecule has 1 aromatic heterocycles. The molecule has 3 rings (SSSR count). The van der Waals surface area contributed by atoms with E-state index in [1.54, 1.807) is 11.0 Å². The average molecular weight is 254 g/mol. The van der Waals surface area contributed by atoms with Gasteiger partial charge in [0.15, 0.2) is 0 Å². The maximum absolute atomic E-state index is 12.4. The summed E-state index contributed by atoms with van der Waals surface area (Å²) in [6.45, 7) is 2.51. The lowest BCUT2D eigenvalue weighted by Crippen LogP contribution is -2.41. The molecule has 1 fully saturated rings. The van der Waals surface area contributed by atoms with Crippen molar-refractivity contribution in [3.63, 3.8) is 0 Å². The molecule has 2 heterocycles. The average Bonchev–Trinajstić information content (AvgIpc) is 2.47. The predicted octanol–water partition coefficient (Wildman–Crippen LogP) is -0.0344. The van der Waals surface area contributed by atoms with Gasteiger partial charge in [0.1, 0.15) is 13.5 Å². The summed E-state index contributed by atoms with van der Waals surface area (Å²) < 4.78 is 5.26. The van der Waals surface area contributed by atoms with Gasteiger partial charge in [0.2, 0.25) is 0 Å². The summed E-state index contributed by atoms with van der Waals surface area (Å²) in [6.07, 6.45) is 0. The second-order valence-corrected chi connectivity index (χ2v) is 4.75. The van der Waals surface area contributed by atoms with E-state index in [-0.39, 0.29) is 5.91 Å². The molecule has 0 radical (unpaired) electrons. The fraction of sp³-hybridized carbons (Fsp3) is 0.286. The number of pyridine rings is 1. The Morgan fingerprint density at radius 1 is 1.21 bits per heavy atom. The van der Waals surface area contributed by atoms with Crippen molar-refractivity contribution in [1.29, 1.82) is 0 Å². The van der Waals surface area contributed by atoms with E-state index >= 15 is 0 Å². The molecule has 0 N–H and O–H groups in total. The molecular formula is C14H15BN2O2. The van der Waals surface area contributed by atoms with E-state index in [1.807, 2.05) is 32.1 Å². The molecule has 1 aliphatic rings. The lowest BCUT2D eigenvalue weighted by atomic mass is 9.93. The largest absolute Gasteiger partial charge is 0.378 e. The Hall–Kier alpha value is -1.88. The topological polar surface area (TPSA) is 42.4 Å². The first-order valence-corrected chi connectivity index (χ1v) is 6.49. The summed E-state index contributed by atoms with van der Waals surface area (Å²) in [5.41, 5.74) is 2.51. The van der Waals surface area contributed by atoms with Gasteiger partial charge in [0.25, 0.3) is 5.91 Å². The molecule has 1 aliphatic heterocycles. The van der Waals surface area contributed by atoms with Crippen LogP contribution in [0.3, 0.4) is 0 Å². The number of hydrogen-bond acceptors (Lipinski definition) is 3. The number of hydrogen-bond donors (Lipinski definition) is 0. The van der Waals surface area contributed by atoms with Crippen molar-refractivity contribution >= 4 is 30.1 Å². The van der Waals surface area contributed by atoms with Crippen molar-refractivity contribution in [2.24, 2.45) is 0 Å². The monoisotopic (exact) mass is 254 g/mol. The Kier molecular flexibility index (Phi) is 3.21. The quantitative estimate of drug-likeness (QED) is 0.671. The fourth-order valence-electron chi connectivity index (χ4n) is 2.34. The van der Waals surface area contributed by atoms with Gasteiger partial charge in [0.05, 0.1) is 18.7 Å². The van der Waals surface area contributed by atoms with E-state index in [4.69, 9.17) is 4.74 Å². The second kappa shape index (κ2) is 5.01. The molecule has 5 heteroatoms. The Balaban J connectivity index is 1.96. The normalized spacial score (nSPS) is 15.7. The van der Waals surface area contributed by atoms with Crippen LogP contribution >= 0.6 is 0 Å². The van der Waals surface area contributed by atoms with Crippen LogP contribution in [0.2, 0.25) is 0 Å². The zero-order chi connectivity index (χ0) is 13.2. The number of fused-ring (bicyclic) bond motifs is 1. The molecule has 0 bridgehead atoms. The second-order valence-electron chi connectivity index (χ2n) is 4.75. The minimum absolute atomic E-state index is 0.00606.